The Labute approximate surface area is 94.5 Å². The van der Waals surface area contributed by atoms with Gasteiger partial charge in [-0.05, 0) is 12.5 Å². The van der Waals surface area contributed by atoms with Crippen LogP contribution in [0.15, 0.2) is 18.7 Å². The van der Waals surface area contributed by atoms with Gasteiger partial charge in [0.05, 0.1) is 18.3 Å². The molecule has 0 saturated carbocycles. The highest BCUT2D eigenvalue weighted by Gasteiger charge is 2.29. The van der Waals surface area contributed by atoms with Crippen molar-refractivity contribution in [2.24, 2.45) is 0 Å². The molecule has 1 unspecified atom stereocenters. The number of nitrogen functional groups attached to an aromatic ring is 1. The van der Waals surface area contributed by atoms with Gasteiger partial charge in [0.15, 0.2) is 0 Å². The van der Waals surface area contributed by atoms with Crippen molar-refractivity contribution in [1.29, 1.82) is 0 Å². The van der Waals surface area contributed by atoms with E-state index < -0.39 is 0 Å². The van der Waals surface area contributed by atoms with E-state index in [1.165, 1.54) is 6.08 Å². The summed E-state index contributed by atoms with van der Waals surface area (Å²) in [5.74, 6) is 0.485. The molecule has 1 aliphatic heterocycles. The van der Waals surface area contributed by atoms with E-state index in [2.05, 4.69) is 11.7 Å². The van der Waals surface area contributed by atoms with Crippen molar-refractivity contribution < 1.29 is 4.79 Å². The topological polar surface area (TPSA) is 64.2 Å². The largest absolute Gasteiger partial charge is 0.382 e. The van der Waals surface area contributed by atoms with Gasteiger partial charge in [0.1, 0.15) is 5.82 Å². The highest BCUT2D eigenvalue weighted by atomic mass is 16.2. The Morgan fingerprint density at radius 2 is 2.50 bits per heavy atom. The molecule has 2 N–H and O–H groups in total. The van der Waals surface area contributed by atoms with Crippen LogP contribution in [0.3, 0.4) is 0 Å². The molecule has 2 heterocycles. The lowest BCUT2D eigenvalue weighted by molar-refractivity contribution is -0.129. The zero-order chi connectivity index (χ0) is 11.7. The van der Waals surface area contributed by atoms with Crippen molar-refractivity contribution in [2.75, 3.05) is 12.3 Å². The predicted molar refractivity (Wildman–Crippen MR) is 61.6 cm³/mol. The summed E-state index contributed by atoms with van der Waals surface area (Å²) in [6, 6.07) is 1.90. The third kappa shape index (κ3) is 1.58. The molecule has 1 aromatic heterocycles. The fourth-order valence-corrected chi connectivity index (χ4v) is 2.23. The number of hydrogen-bond acceptors (Lipinski definition) is 3. The van der Waals surface area contributed by atoms with Crippen LogP contribution in [0.5, 0.6) is 0 Å². The van der Waals surface area contributed by atoms with Gasteiger partial charge in [0, 0.05) is 12.6 Å². The maximum absolute atomic E-state index is 11.7. The van der Waals surface area contributed by atoms with Gasteiger partial charge in [-0.1, -0.05) is 13.5 Å². The number of nitrogens with two attached hydrogens (primary N) is 1. The van der Waals surface area contributed by atoms with Crippen LogP contribution in [0, 0.1) is 0 Å². The van der Waals surface area contributed by atoms with Gasteiger partial charge in [-0.3, -0.25) is 9.48 Å². The summed E-state index contributed by atoms with van der Waals surface area (Å²) in [6.45, 7) is 6.94. The fourth-order valence-electron chi connectivity index (χ4n) is 2.23. The summed E-state index contributed by atoms with van der Waals surface area (Å²) < 4.78 is 1.89. The molecule has 1 atom stereocenters. The van der Waals surface area contributed by atoms with Crippen LogP contribution < -0.4 is 5.73 Å². The minimum Gasteiger partial charge on any atom is -0.382 e. The van der Waals surface area contributed by atoms with Crippen LogP contribution in [0.1, 0.15) is 25.1 Å². The van der Waals surface area contributed by atoms with Gasteiger partial charge < -0.3 is 10.6 Å². The second-order valence-corrected chi connectivity index (χ2v) is 3.88. The second kappa shape index (κ2) is 4.00. The van der Waals surface area contributed by atoms with Gasteiger partial charge >= 0.3 is 0 Å². The zero-order valence-electron chi connectivity index (χ0n) is 9.39. The van der Waals surface area contributed by atoms with Gasteiger partial charge in [-0.15, -0.1) is 0 Å². The summed E-state index contributed by atoms with van der Waals surface area (Å²) >= 11 is 0. The van der Waals surface area contributed by atoms with E-state index in [1.807, 2.05) is 22.6 Å². The molecule has 0 radical (unpaired) electrons. The number of nitrogens with zero attached hydrogens (tertiary/aromatic N) is 3. The van der Waals surface area contributed by atoms with Crippen molar-refractivity contribution in [3.63, 3.8) is 0 Å². The molecule has 86 valence electrons. The number of amides is 1. The Balaban J connectivity index is 2.36. The predicted octanol–water partition coefficient (Wildman–Crippen LogP) is 0.945. The van der Waals surface area contributed by atoms with E-state index >= 15 is 0 Å². The van der Waals surface area contributed by atoms with E-state index in [0.29, 0.717) is 18.9 Å². The van der Waals surface area contributed by atoms with E-state index in [-0.39, 0.29) is 11.9 Å². The quantitative estimate of drug-likeness (QED) is 0.754. The van der Waals surface area contributed by atoms with Crippen molar-refractivity contribution in [3.05, 3.63) is 24.4 Å². The average molecular weight is 220 g/mol. The van der Waals surface area contributed by atoms with Gasteiger partial charge in [-0.2, -0.15) is 5.10 Å². The van der Waals surface area contributed by atoms with Crippen LogP contribution >= 0.6 is 0 Å². The number of rotatable bonds is 2. The third-order valence-corrected chi connectivity index (χ3v) is 2.94. The molecular weight excluding hydrogens is 204 g/mol. The summed E-state index contributed by atoms with van der Waals surface area (Å²) in [5, 5.41) is 4.20. The Bertz CT molecular complexity index is 424. The highest BCUT2D eigenvalue weighted by molar-refractivity contribution is 5.87. The number of anilines is 1. The van der Waals surface area contributed by atoms with Gasteiger partial charge in [0.2, 0.25) is 5.91 Å². The number of carbonyl (C=O) groups excluding carboxylic acids is 1. The number of fused-ring (bicyclic) bond motifs is 1. The Hall–Kier alpha value is -1.78. The van der Waals surface area contributed by atoms with E-state index in [4.69, 9.17) is 5.73 Å². The molecule has 2 rings (SSSR count). The van der Waals surface area contributed by atoms with Gasteiger partial charge in [-0.25, -0.2) is 0 Å². The zero-order valence-corrected chi connectivity index (χ0v) is 9.39. The SMILES string of the molecule is C=CC(=O)N1CCn2nc(N)cc2C1CC. The van der Waals surface area contributed by atoms with Crippen LogP contribution in [-0.4, -0.2) is 27.1 Å². The lowest BCUT2D eigenvalue weighted by atomic mass is 10.1. The van der Waals surface area contributed by atoms with Gasteiger partial charge in [0.25, 0.3) is 0 Å². The number of carbonyl (C=O) groups is 1. The molecule has 5 nitrogen and oxygen atoms in total. The molecule has 0 aromatic carbocycles. The van der Waals surface area contributed by atoms with Crippen molar-refractivity contribution in [3.8, 4) is 0 Å². The van der Waals surface area contributed by atoms with E-state index in [0.717, 1.165) is 12.1 Å². The molecule has 1 aliphatic rings. The molecule has 16 heavy (non-hydrogen) atoms. The molecule has 0 aliphatic carbocycles. The Kier molecular flexibility index (Phi) is 2.68. The van der Waals surface area contributed by atoms with Crippen molar-refractivity contribution in [1.82, 2.24) is 14.7 Å². The fraction of sp³-hybridized carbons (Fsp3) is 0.455. The maximum Gasteiger partial charge on any atom is 0.246 e. The molecule has 1 amide bonds. The lowest BCUT2D eigenvalue weighted by Crippen LogP contribution is -2.41. The summed E-state index contributed by atoms with van der Waals surface area (Å²) in [4.78, 5) is 13.5. The molecule has 0 bridgehead atoms. The van der Waals surface area contributed by atoms with Crippen molar-refractivity contribution in [2.45, 2.75) is 25.9 Å². The first kappa shape index (κ1) is 10.7. The summed E-state index contributed by atoms with van der Waals surface area (Å²) in [5.41, 5.74) is 6.69. The molecule has 1 aromatic rings. The summed E-state index contributed by atoms with van der Waals surface area (Å²) in [6.07, 6.45) is 2.21. The Morgan fingerprint density at radius 1 is 1.75 bits per heavy atom. The average Bonchev–Trinajstić information content (AvgIpc) is 2.66. The number of aromatic nitrogens is 2. The minimum absolute atomic E-state index is 0.0297. The molecular formula is C11H16N4O. The van der Waals surface area contributed by atoms with Crippen LogP contribution in [0.2, 0.25) is 0 Å². The standard InChI is InChI=1S/C11H16N4O/c1-3-8-9-7-10(12)13-15(9)6-5-14(8)11(16)4-2/h4,7-8H,2-3,5-6H2,1H3,(H2,12,13). The first-order valence-electron chi connectivity index (χ1n) is 5.43. The van der Waals surface area contributed by atoms with E-state index in [1.54, 1.807) is 0 Å². The van der Waals surface area contributed by atoms with Crippen LogP contribution in [0.25, 0.3) is 0 Å². The van der Waals surface area contributed by atoms with E-state index in [9.17, 15) is 4.79 Å². The summed E-state index contributed by atoms with van der Waals surface area (Å²) in [7, 11) is 0. The first-order chi connectivity index (χ1) is 7.67. The monoisotopic (exact) mass is 220 g/mol. The molecule has 0 saturated heterocycles. The molecule has 5 heteroatoms. The second-order valence-electron chi connectivity index (χ2n) is 3.88. The Morgan fingerprint density at radius 3 is 3.12 bits per heavy atom. The minimum atomic E-state index is -0.0297. The highest BCUT2D eigenvalue weighted by Crippen LogP contribution is 2.29. The van der Waals surface area contributed by atoms with Crippen LogP contribution in [-0.2, 0) is 11.3 Å². The van der Waals surface area contributed by atoms with Crippen molar-refractivity contribution >= 4 is 11.7 Å². The first-order valence-corrected chi connectivity index (χ1v) is 5.43. The maximum atomic E-state index is 11.7. The normalized spacial score (nSPS) is 19.3. The van der Waals surface area contributed by atoms with Crippen LogP contribution in [0.4, 0.5) is 5.82 Å². The smallest absolute Gasteiger partial charge is 0.246 e. The molecule has 0 fully saturated rings. The number of hydrogen-bond donors (Lipinski definition) is 1. The lowest BCUT2D eigenvalue weighted by Gasteiger charge is -2.34. The third-order valence-electron chi connectivity index (χ3n) is 2.94. The molecule has 0 spiro atoms.